The van der Waals surface area contributed by atoms with Crippen molar-refractivity contribution in [3.05, 3.63) is 24.0 Å². The number of nitrogen functional groups attached to an aromatic ring is 1. The Hall–Kier alpha value is -1.62. The fourth-order valence-corrected chi connectivity index (χ4v) is 1.29. The van der Waals surface area contributed by atoms with Crippen LogP contribution in [0.1, 0.15) is 16.8 Å². The van der Waals surface area contributed by atoms with Crippen LogP contribution < -0.4 is 11.1 Å². The minimum absolute atomic E-state index is 0.163. The molecule has 0 atom stereocenters. The molecule has 0 aromatic carbocycles. The van der Waals surface area contributed by atoms with Crippen LogP contribution in [0.2, 0.25) is 0 Å². The van der Waals surface area contributed by atoms with E-state index in [1.165, 1.54) is 6.20 Å². The van der Waals surface area contributed by atoms with Crippen molar-refractivity contribution < 1.29 is 4.79 Å². The molecule has 0 unspecified atom stereocenters. The van der Waals surface area contributed by atoms with Gasteiger partial charge in [-0.15, -0.1) is 0 Å². The van der Waals surface area contributed by atoms with Gasteiger partial charge in [-0.25, -0.2) is 0 Å². The average Bonchev–Trinajstić information content (AvgIpc) is 2.24. The number of nitrogens with one attached hydrogen (secondary N) is 1. The number of aromatic nitrogens is 1. The van der Waals surface area contributed by atoms with Gasteiger partial charge in [-0.3, -0.25) is 9.78 Å². The number of rotatable bonds is 5. The first-order chi connectivity index (χ1) is 7.61. The summed E-state index contributed by atoms with van der Waals surface area (Å²) >= 11 is 0. The molecule has 88 valence electrons. The van der Waals surface area contributed by atoms with Gasteiger partial charge in [-0.05, 0) is 33.1 Å². The second kappa shape index (κ2) is 6.07. The van der Waals surface area contributed by atoms with Crippen LogP contribution in [0.15, 0.2) is 18.5 Å². The van der Waals surface area contributed by atoms with Crippen molar-refractivity contribution in [1.82, 2.24) is 15.2 Å². The molecule has 0 radical (unpaired) electrons. The number of hydrogen-bond donors (Lipinski definition) is 2. The van der Waals surface area contributed by atoms with Crippen molar-refractivity contribution in [3.8, 4) is 0 Å². The highest BCUT2D eigenvalue weighted by atomic mass is 16.1. The average molecular weight is 222 g/mol. The van der Waals surface area contributed by atoms with Crippen LogP contribution in [0.4, 0.5) is 5.69 Å². The number of hydrogen-bond acceptors (Lipinski definition) is 4. The largest absolute Gasteiger partial charge is 0.398 e. The number of carbonyl (C=O) groups is 1. The first-order valence-corrected chi connectivity index (χ1v) is 5.23. The lowest BCUT2D eigenvalue weighted by atomic mass is 10.2. The number of nitrogens with two attached hydrogens (primary N) is 1. The summed E-state index contributed by atoms with van der Waals surface area (Å²) in [4.78, 5) is 17.6. The molecular weight excluding hydrogens is 204 g/mol. The van der Waals surface area contributed by atoms with Gasteiger partial charge in [-0.2, -0.15) is 0 Å². The predicted molar refractivity (Wildman–Crippen MR) is 64.2 cm³/mol. The first-order valence-electron chi connectivity index (χ1n) is 5.23. The number of anilines is 1. The van der Waals surface area contributed by atoms with Gasteiger partial charge in [0.1, 0.15) is 0 Å². The molecule has 0 saturated carbocycles. The van der Waals surface area contributed by atoms with Gasteiger partial charge in [0.15, 0.2) is 0 Å². The molecule has 16 heavy (non-hydrogen) atoms. The molecule has 1 rings (SSSR count). The molecule has 1 amide bonds. The summed E-state index contributed by atoms with van der Waals surface area (Å²) in [6.07, 6.45) is 3.97. The molecular formula is C11H18N4O. The molecule has 0 saturated heterocycles. The van der Waals surface area contributed by atoms with Gasteiger partial charge in [0, 0.05) is 24.6 Å². The van der Waals surface area contributed by atoms with Crippen LogP contribution in [0.25, 0.3) is 0 Å². The number of carbonyl (C=O) groups excluding carboxylic acids is 1. The Labute approximate surface area is 95.7 Å². The third-order valence-corrected chi connectivity index (χ3v) is 2.17. The standard InChI is InChI=1S/C11H18N4O/c1-15(2)7-3-5-14-11(16)9-8-13-6-4-10(9)12/h4,6,8H,3,5,7H2,1-2H3,(H2,12,13)(H,14,16). The SMILES string of the molecule is CN(C)CCCNC(=O)c1cnccc1N. The van der Waals surface area contributed by atoms with E-state index in [0.29, 0.717) is 17.8 Å². The van der Waals surface area contributed by atoms with Gasteiger partial charge in [0.05, 0.1) is 5.56 Å². The van der Waals surface area contributed by atoms with E-state index in [9.17, 15) is 4.79 Å². The molecule has 0 aliphatic carbocycles. The second-order valence-electron chi connectivity index (χ2n) is 3.88. The lowest BCUT2D eigenvalue weighted by molar-refractivity contribution is 0.0953. The smallest absolute Gasteiger partial charge is 0.254 e. The van der Waals surface area contributed by atoms with E-state index < -0.39 is 0 Å². The summed E-state index contributed by atoms with van der Waals surface area (Å²) in [5.41, 5.74) is 6.56. The van der Waals surface area contributed by atoms with Crippen LogP contribution in [0.3, 0.4) is 0 Å². The Morgan fingerprint density at radius 1 is 1.56 bits per heavy atom. The van der Waals surface area contributed by atoms with Crippen LogP contribution in [0.5, 0.6) is 0 Å². The molecule has 1 aromatic rings. The second-order valence-corrected chi connectivity index (χ2v) is 3.88. The molecule has 0 aliphatic heterocycles. The maximum atomic E-state index is 11.7. The summed E-state index contributed by atoms with van der Waals surface area (Å²) in [5, 5.41) is 2.81. The lowest BCUT2D eigenvalue weighted by Crippen LogP contribution is -2.27. The molecule has 5 heteroatoms. The van der Waals surface area contributed by atoms with Crippen molar-refractivity contribution >= 4 is 11.6 Å². The van der Waals surface area contributed by atoms with Crippen molar-refractivity contribution in [2.45, 2.75) is 6.42 Å². The van der Waals surface area contributed by atoms with Crippen molar-refractivity contribution in [2.75, 3.05) is 32.9 Å². The Bertz CT molecular complexity index is 352. The predicted octanol–water partition coefficient (Wildman–Crippen LogP) is 0.345. The van der Waals surface area contributed by atoms with E-state index in [2.05, 4.69) is 15.2 Å². The van der Waals surface area contributed by atoms with E-state index in [1.807, 2.05) is 14.1 Å². The zero-order chi connectivity index (χ0) is 12.0. The third kappa shape index (κ3) is 3.86. The maximum absolute atomic E-state index is 11.7. The van der Waals surface area contributed by atoms with E-state index in [-0.39, 0.29) is 5.91 Å². The highest BCUT2D eigenvalue weighted by molar-refractivity contribution is 5.98. The Kier molecular flexibility index (Phi) is 4.72. The molecule has 1 aromatic heterocycles. The zero-order valence-corrected chi connectivity index (χ0v) is 9.73. The Balaban J connectivity index is 2.39. The van der Waals surface area contributed by atoms with Crippen molar-refractivity contribution in [1.29, 1.82) is 0 Å². The highest BCUT2D eigenvalue weighted by Crippen LogP contribution is 2.07. The monoisotopic (exact) mass is 222 g/mol. The molecule has 0 bridgehead atoms. The molecule has 3 N–H and O–H groups in total. The van der Waals surface area contributed by atoms with Gasteiger partial charge in [0.2, 0.25) is 0 Å². The fourth-order valence-electron chi connectivity index (χ4n) is 1.29. The number of pyridine rings is 1. The topological polar surface area (TPSA) is 71.2 Å². The van der Waals surface area contributed by atoms with Gasteiger partial charge < -0.3 is 16.0 Å². The summed E-state index contributed by atoms with van der Waals surface area (Å²) in [5.74, 6) is -0.163. The van der Waals surface area contributed by atoms with E-state index in [4.69, 9.17) is 5.73 Å². The van der Waals surface area contributed by atoms with Crippen LogP contribution in [0, 0.1) is 0 Å². The number of nitrogens with zero attached hydrogens (tertiary/aromatic N) is 2. The van der Waals surface area contributed by atoms with Crippen molar-refractivity contribution in [3.63, 3.8) is 0 Å². The van der Waals surface area contributed by atoms with Crippen molar-refractivity contribution in [2.24, 2.45) is 0 Å². The summed E-state index contributed by atoms with van der Waals surface area (Å²) in [6.45, 7) is 1.59. The lowest BCUT2D eigenvalue weighted by Gasteiger charge is -2.10. The Morgan fingerprint density at radius 3 is 2.94 bits per heavy atom. The van der Waals surface area contributed by atoms with E-state index >= 15 is 0 Å². The fraction of sp³-hybridized carbons (Fsp3) is 0.455. The van der Waals surface area contributed by atoms with Gasteiger partial charge in [0.25, 0.3) is 5.91 Å². The molecule has 5 nitrogen and oxygen atoms in total. The third-order valence-electron chi connectivity index (χ3n) is 2.17. The molecule has 0 aliphatic rings. The molecule has 1 heterocycles. The first kappa shape index (κ1) is 12.4. The highest BCUT2D eigenvalue weighted by Gasteiger charge is 2.08. The maximum Gasteiger partial charge on any atom is 0.254 e. The normalized spacial score (nSPS) is 10.4. The van der Waals surface area contributed by atoms with Crippen LogP contribution in [-0.2, 0) is 0 Å². The van der Waals surface area contributed by atoms with E-state index in [0.717, 1.165) is 13.0 Å². The minimum Gasteiger partial charge on any atom is -0.398 e. The Morgan fingerprint density at radius 2 is 2.31 bits per heavy atom. The van der Waals surface area contributed by atoms with Crippen LogP contribution >= 0.6 is 0 Å². The van der Waals surface area contributed by atoms with Gasteiger partial charge in [-0.1, -0.05) is 0 Å². The quantitative estimate of drug-likeness (QED) is 0.705. The summed E-state index contributed by atoms with van der Waals surface area (Å²) < 4.78 is 0. The summed E-state index contributed by atoms with van der Waals surface area (Å²) in [7, 11) is 4.00. The molecule has 0 fully saturated rings. The summed E-state index contributed by atoms with van der Waals surface area (Å²) in [6, 6.07) is 1.62. The zero-order valence-electron chi connectivity index (χ0n) is 9.73. The minimum atomic E-state index is -0.163. The van der Waals surface area contributed by atoms with E-state index in [1.54, 1.807) is 12.3 Å². The van der Waals surface area contributed by atoms with Crippen LogP contribution in [-0.4, -0.2) is 43.0 Å². The van der Waals surface area contributed by atoms with Gasteiger partial charge >= 0.3 is 0 Å². The molecule has 0 spiro atoms. The number of amides is 1.